The van der Waals surface area contributed by atoms with Crippen LogP contribution in [0.4, 0.5) is 0 Å². The van der Waals surface area contributed by atoms with Gasteiger partial charge in [-0.15, -0.1) is 0 Å². The van der Waals surface area contributed by atoms with E-state index < -0.39 is 0 Å². The molecule has 1 aliphatic rings. The number of nitrogens with zero attached hydrogens (tertiary/aromatic N) is 2. The lowest BCUT2D eigenvalue weighted by Gasteiger charge is -2.20. The van der Waals surface area contributed by atoms with E-state index in [2.05, 4.69) is 35.1 Å². The van der Waals surface area contributed by atoms with Crippen LogP contribution in [0.15, 0.2) is 33.7 Å². The van der Waals surface area contributed by atoms with Crippen molar-refractivity contribution in [3.05, 3.63) is 35.6 Å². The molecule has 2 heterocycles. The van der Waals surface area contributed by atoms with Gasteiger partial charge in [-0.3, -0.25) is 0 Å². The first-order valence-electron chi connectivity index (χ1n) is 7.87. The highest BCUT2D eigenvalue weighted by Crippen LogP contribution is 2.25. The summed E-state index contributed by atoms with van der Waals surface area (Å²) in [7, 11) is 0. The summed E-state index contributed by atoms with van der Waals surface area (Å²) in [5.41, 5.74) is 2.06. The van der Waals surface area contributed by atoms with Crippen LogP contribution in [0, 0.1) is 6.92 Å². The molecule has 1 atom stereocenters. The second-order valence-corrected chi connectivity index (χ2v) is 5.71. The Morgan fingerprint density at radius 3 is 2.95 bits per heavy atom. The van der Waals surface area contributed by atoms with E-state index in [0.29, 0.717) is 13.1 Å². The third-order valence-electron chi connectivity index (χ3n) is 4.11. The molecule has 0 unspecified atom stereocenters. The number of para-hydroxylation sites is 1. The lowest BCUT2D eigenvalue weighted by Crippen LogP contribution is -2.40. The molecule has 1 aliphatic heterocycles. The molecule has 2 N–H and O–H groups in total. The summed E-state index contributed by atoms with van der Waals surface area (Å²) in [6, 6.07) is 8.06. The van der Waals surface area contributed by atoms with Crippen molar-refractivity contribution in [2.45, 2.75) is 32.9 Å². The topological polar surface area (TPSA) is 61.0 Å². The number of guanidine groups is 1. The minimum Gasteiger partial charge on any atom is -0.459 e. The van der Waals surface area contributed by atoms with Crippen LogP contribution < -0.4 is 5.32 Å². The summed E-state index contributed by atoms with van der Waals surface area (Å²) in [6.45, 7) is 6.93. The Morgan fingerprint density at radius 2 is 2.27 bits per heavy atom. The summed E-state index contributed by atoms with van der Waals surface area (Å²) < 4.78 is 5.91. The summed E-state index contributed by atoms with van der Waals surface area (Å²) in [4.78, 5) is 6.79. The predicted molar refractivity (Wildman–Crippen MR) is 88.0 cm³/mol. The molecule has 5 heteroatoms. The van der Waals surface area contributed by atoms with Crippen LogP contribution in [0.1, 0.15) is 24.7 Å². The van der Waals surface area contributed by atoms with E-state index in [1.165, 1.54) is 0 Å². The summed E-state index contributed by atoms with van der Waals surface area (Å²) in [5, 5.41) is 14.1. The molecule has 0 bridgehead atoms. The van der Waals surface area contributed by atoms with Gasteiger partial charge in [-0.2, -0.15) is 0 Å². The lowest BCUT2D eigenvalue weighted by molar-refractivity contribution is 0.188. The second-order valence-electron chi connectivity index (χ2n) is 5.71. The molecule has 2 aromatic rings. The van der Waals surface area contributed by atoms with Gasteiger partial charge < -0.3 is 19.7 Å². The van der Waals surface area contributed by atoms with Crippen molar-refractivity contribution in [3.8, 4) is 0 Å². The van der Waals surface area contributed by atoms with E-state index in [1.54, 1.807) is 0 Å². The van der Waals surface area contributed by atoms with Crippen LogP contribution in [0.5, 0.6) is 0 Å². The van der Waals surface area contributed by atoms with E-state index in [9.17, 15) is 5.11 Å². The van der Waals surface area contributed by atoms with Gasteiger partial charge in [0.05, 0.1) is 6.10 Å². The number of furan rings is 1. The average molecular weight is 301 g/mol. The van der Waals surface area contributed by atoms with Crippen LogP contribution >= 0.6 is 0 Å². The molecule has 118 valence electrons. The highest BCUT2D eigenvalue weighted by atomic mass is 16.3. The Balaban J connectivity index is 1.81. The molecule has 5 nitrogen and oxygen atoms in total. The van der Waals surface area contributed by atoms with Gasteiger partial charge in [0.2, 0.25) is 0 Å². The number of rotatable bonds is 3. The number of aliphatic imine (C=N–C) groups is 1. The van der Waals surface area contributed by atoms with E-state index in [1.807, 2.05) is 18.2 Å². The molecule has 0 radical (unpaired) electrons. The van der Waals surface area contributed by atoms with Crippen LogP contribution in [0.3, 0.4) is 0 Å². The molecular formula is C17H23N3O2. The highest BCUT2D eigenvalue weighted by Gasteiger charge is 2.23. The molecule has 3 rings (SSSR count). The Hall–Kier alpha value is -2.01. The van der Waals surface area contributed by atoms with E-state index in [-0.39, 0.29) is 6.10 Å². The van der Waals surface area contributed by atoms with Gasteiger partial charge in [0.15, 0.2) is 5.96 Å². The Bertz CT molecular complexity index is 678. The van der Waals surface area contributed by atoms with Crippen LogP contribution in [0.25, 0.3) is 11.0 Å². The first-order valence-corrected chi connectivity index (χ1v) is 7.87. The third-order valence-corrected chi connectivity index (χ3v) is 4.11. The number of hydrogen-bond donors (Lipinski definition) is 2. The number of likely N-dealkylation sites (tertiary alicyclic amines) is 1. The SMILES string of the molecule is CCNC(=NCc1oc2ccccc2c1C)N1CC[C@@H](O)C1. The maximum absolute atomic E-state index is 9.70. The Morgan fingerprint density at radius 1 is 1.45 bits per heavy atom. The first-order chi connectivity index (χ1) is 10.7. The van der Waals surface area contributed by atoms with Crippen molar-refractivity contribution in [2.75, 3.05) is 19.6 Å². The van der Waals surface area contributed by atoms with Crippen molar-refractivity contribution in [1.29, 1.82) is 0 Å². The van der Waals surface area contributed by atoms with Gasteiger partial charge in [0.1, 0.15) is 17.9 Å². The molecule has 1 aromatic carbocycles. The van der Waals surface area contributed by atoms with Gasteiger partial charge in [0.25, 0.3) is 0 Å². The third kappa shape index (κ3) is 2.95. The first kappa shape index (κ1) is 14.9. The number of fused-ring (bicyclic) bond motifs is 1. The minimum atomic E-state index is -0.253. The fourth-order valence-electron chi connectivity index (χ4n) is 2.88. The number of aliphatic hydroxyl groups excluding tert-OH is 1. The van der Waals surface area contributed by atoms with Gasteiger partial charge in [0, 0.05) is 30.6 Å². The van der Waals surface area contributed by atoms with Gasteiger partial charge in [-0.1, -0.05) is 18.2 Å². The summed E-state index contributed by atoms with van der Waals surface area (Å²) in [6.07, 6.45) is 0.547. The maximum Gasteiger partial charge on any atom is 0.194 e. The second kappa shape index (κ2) is 6.40. The van der Waals surface area contributed by atoms with Crippen LogP contribution in [-0.2, 0) is 6.54 Å². The van der Waals surface area contributed by atoms with E-state index in [0.717, 1.165) is 47.8 Å². The number of aryl methyl sites for hydroxylation is 1. The number of hydrogen-bond acceptors (Lipinski definition) is 3. The average Bonchev–Trinajstić information content (AvgIpc) is 3.08. The quantitative estimate of drug-likeness (QED) is 0.674. The van der Waals surface area contributed by atoms with Crippen molar-refractivity contribution >= 4 is 16.9 Å². The fourth-order valence-corrected chi connectivity index (χ4v) is 2.88. The number of nitrogens with one attached hydrogen (secondary N) is 1. The van der Waals surface area contributed by atoms with Crippen molar-refractivity contribution in [3.63, 3.8) is 0 Å². The lowest BCUT2D eigenvalue weighted by atomic mass is 10.1. The molecule has 1 aromatic heterocycles. The molecule has 0 aliphatic carbocycles. The standard InChI is InChI=1S/C17H23N3O2/c1-3-18-17(20-9-8-13(21)11-20)19-10-16-12(2)14-6-4-5-7-15(14)22-16/h4-7,13,21H,3,8-11H2,1-2H3,(H,18,19)/t13-/m1/s1. The van der Waals surface area contributed by atoms with Crippen molar-refractivity contribution in [2.24, 2.45) is 4.99 Å². The molecule has 1 fully saturated rings. The normalized spacial score (nSPS) is 19.1. The van der Waals surface area contributed by atoms with Crippen LogP contribution in [0.2, 0.25) is 0 Å². The van der Waals surface area contributed by atoms with Gasteiger partial charge in [-0.05, 0) is 26.3 Å². The van der Waals surface area contributed by atoms with E-state index in [4.69, 9.17) is 4.42 Å². The highest BCUT2D eigenvalue weighted by molar-refractivity contribution is 5.82. The molecule has 22 heavy (non-hydrogen) atoms. The summed E-state index contributed by atoms with van der Waals surface area (Å²) in [5.74, 6) is 1.75. The molecule has 0 amide bonds. The molecule has 0 saturated carbocycles. The number of aliphatic hydroxyl groups is 1. The van der Waals surface area contributed by atoms with E-state index >= 15 is 0 Å². The maximum atomic E-state index is 9.70. The van der Waals surface area contributed by atoms with Gasteiger partial charge in [-0.25, -0.2) is 4.99 Å². The van der Waals surface area contributed by atoms with Crippen molar-refractivity contribution < 1.29 is 9.52 Å². The fraction of sp³-hybridized carbons (Fsp3) is 0.471. The summed E-state index contributed by atoms with van der Waals surface area (Å²) >= 11 is 0. The van der Waals surface area contributed by atoms with Gasteiger partial charge >= 0.3 is 0 Å². The van der Waals surface area contributed by atoms with Crippen LogP contribution in [-0.4, -0.2) is 41.7 Å². The number of benzene rings is 1. The monoisotopic (exact) mass is 301 g/mol. The molecule has 0 spiro atoms. The minimum absolute atomic E-state index is 0.253. The van der Waals surface area contributed by atoms with Crippen molar-refractivity contribution in [1.82, 2.24) is 10.2 Å². The largest absolute Gasteiger partial charge is 0.459 e. The zero-order valence-electron chi connectivity index (χ0n) is 13.2. The molecule has 1 saturated heterocycles. The zero-order chi connectivity index (χ0) is 15.5. The predicted octanol–water partition coefficient (Wildman–Crippen LogP) is 2.27. The zero-order valence-corrected chi connectivity index (χ0v) is 13.2. The molecular weight excluding hydrogens is 278 g/mol. The Labute approximate surface area is 130 Å². The number of β-amino-alcohol motifs (C(OH)–C–C–N with tert-alkyl or cyclic N) is 1. The smallest absolute Gasteiger partial charge is 0.194 e. The Kier molecular flexibility index (Phi) is 4.34.